The summed E-state index contributed by atoms with van der Waals surface area (Å²) >= 11 is 0. The molecule has 0 aliphatic carbocycles. The van der Waals surface area contributed by atoms with E-state index >= 15 is 0 Å². The van der Waals surface area contributed by atoms with Crippen LogP contribution in [0.2, 0.25) is 0 Å². The van der Waals surface area contributed by atoms with E-state index in [0.717, 1.165) is 0 Å². The normalized spacial score (nSPS) is 3.00. The Hall–Kier alpha value is 0.166. The molecule has 0 aliphatic heterocycles. The second kappa shape index (κ2) is 10.9. The summed E-state index contributed by atoms with van der Waals surface area (Å²) in [4.78, 5) is 8.12. The Morgan fingerprint density at radius 2 is 1.75 bits per heavy atom. The molecule has 0 amide bonds. The summed E-state index contributed by atoms with van der Waals surface area (Å²) in [5.41, 5.74) is 0. The molecule has 4 heteroatoms. The second-order valence-electron chi connectivity index (χ2n) is 0.0833. The molecule has 3 nitrogen and oxygen atoms in total. The van der Waals surface area contributed by atoms with Gasteiger partial charge in [-0.3, -0.25) is 10.1 Å². The van der Waals surface area contributed by atoms with Crippen molar-refractivity contribution in [3.05, 3.63) is 10.1 Å². The van der Waals surface area contributed by atoms with Gasteiger partial charge in [-0.25, -0.2) is 0 Å². The molecule has 0 aromatic heterocycles. The lowest BCUT2D eigenvalue weighted by atomic mass is 13.4. The largest absolute Gasteiger partial charge is 0.316 e. The number of rotatable bonds is 0. The van der Waals surface area contributed by atoms with Gasteiger partial charge in [0.2, 0.25) is 0 Å². The highest BCUT2D eigenvalue weighted by Gasteiger charge is 1.10. The topological polar surface area (TPSA) is 54.1 Å². The summed E-state index contributed by atoms with van der Waals surface area (Å²) < 4.78 is 0. The zero-order valence-corrected chi connectivity index (χ0v) is 1.32. The number of hydrogen-bond acceptors (Lipinski definition) is 2. The maximum atomic E-state index is 8.12. The maximum Gasteiger partial charge on any atom is 0.316 e. The first-order valence-corrected chi connectivity index (χ1v) is 0.408. The fraction of sp³-hybridized carbons (Fsp3) is 0. The summed E-state index contributed by atoms with van der Waals surface area (Å²) in [6, 6.07) is 0. The van der Waals surface area contributed by atoms with Crippen LogP contribution in [-0.2, 0) is 0 Å². The molecule has 0 saturated heterocycles. The minimum Gasteiger partial charge on any atom is -0.267 e. The van der Waals surface area contributed by atoms with Crippen LogP contribution in [0.3, 0.4) is 0 Å². The average Bonchev–Trinajstić information content (AvgIpc) is 0.918. The van der Waals surface area contributed by atoms with Crippen molar-refractivity contribution in [1.82, 2.24) is 0 Å². The lowest BCUT2D eigenvalue weighted by molar-refractivity contribution is -0.398. The molecule has 1 N–H and O–H groups in total. The minimum absolute atomic E-state index is 0. The van der Waals surface area contributed by atoms with Gasteiger partial charge in [-0.05, 0) is 0 Å². The van der Waals surface area contributed by atoms with E-state index in [4.69, 9.17) is 10.1 Å². The molecule has 22 valence electrons. The molecule has 0 heterocycles. The van der Waals surface area contributed by atoms with E-state index in [1.807, 2.05) is 0 Å². The molecule has 0 radical (unpaired) electrons. The summed E-state index contributed by atoms with van der Waals surface area (Å²) in [5, 5.41) is 8.38. The smallest absolute Gasteiger partial charge is 0.267 e. The molecule has 0 unspecified atom stereocenters. The van der Waals surface area contributed by atoms with Gasteiger partial charge >= 0.3 is 23.1 Å². The third kappa shape index (κ3) is 107. The van der Waals surface area contributed by atoms with E-state index < -0.39 is 0 Å². The Morgan fingerprint density at radius 3 is 1.75 bits per heavy atom. The molecule has 0 fully saturated rings. The van der Waals surface area contributed by atoms with E-state index in [-0.39, 0.29) is 28.4 Å². The van der Waals surface area contributed by atoms with E-state index in [1.165, 1.54) is 0 Å². The Labute approximate surface area is 39.1 Å². The van der Waals surface area contributed by atoms with E-state index in [9.17, 15) is 0 Å². The van der Waals surface area contributed by atoms with Crippen molar-refractivity contribution in [2.45, 2.75) is 0 Å². The molecular weight excluding hydrogens is 70.3 g/mol. The first-order chi connectivity index (χ1) is 1.41. The predicted octanol–water partition coefficient (Wildman–Crippen LogP) is -2.58. The zero-order chi connectivity index (χ0) is 2.71. The van der Waals surface area contributed by atoms with Crippen molar-refractivity contribution in [3.8, 4) is 0 Å². The van der Waals surface area contributed by atoms with Gasteiger partial charge in [-0.15, -0.1) is 0 Å². The van der Waals surface area contributed by atoms with E-state index in [1.54, 1.807) is 0 Å². The van der Waals surface area contributed by atoms with Crippen molar-refractivity contribution in [3.63, 3.8) is 0 Å². The van der Waals surface area contributed by atoms with Gasteiger partial charge in [-0.1, -0.05) is 0 Å². The Bertz CT molecular complexity index is 13.5. The monoisotopic (exact) mass is 73.0 g/mol. The Morgan fingerprint density at radius 1 is 1.75 bits per heavy atom. The molecule has 0 saturated carbocycles. The van der Waals surface area contributed by atoms with Crippen molar-refractivity contribution in [2.24, 2.45) is 0 Å². The van der Waals surface area contributed by atoms with E-state index in [2.05, 4.69) is 0 Å². The van der Waals surface area contributed by atoms with Crippen LogP contribution in [0.15, 0.2) is 0 Å². The standard InChI is InChI=1S/Mg.HNO2.2H/c;2-1-3;;/h;1H;;. The molecule has 4 heavy (non-hydrogen) atoms. The highest BCUT2D eigenvalue weighted by molar-refractivity contribution is 5.75. The predicted molar refractivity (Wildman–Crippen MR) is 16.2 cm³/mol. The third-order valence-corrected chi connectivity index (χ3v) is 0. The third-order valence-electron chi connectivity index (χ3n) is 0. The average molecular weight is 73.3 g/mol. The van der Waals surface area contributed by atoms with Crippen LogP contribution in [0.1, 0.15) is 0 Å². The first-order valence-electron chi connectivity index (χ1n) is 0.408. The Kier molecular flexibility index (Phi) is 24.3. The van der Waals surface area contributed by atoms with Crippen molar-refractivity contribution in [1.29, 1.82) is 0 Å². The molecule has 0 rings (SSSR count). The molecule has 0 atom stereocenters. The van der Waals surface area contributed by atoms with Gasteiger partial charge in [0, 0.05) is 5.34 Å². The van der Waals surface area contributed by atoms with Crippen molar-refractivity contribution < 1.29 is 5.34 Å². The molecular formula is H3MgNO2. The quantitative estimate of drug-likeness (QED) is 0.194. The Balaban J connectivity index is 0. The molecule has 0 aromatic carbocycles. The summed E-state index contributed by atoms with van der Waals surface area (Å²) in [6.45, 7) is 0. The van der Waals surface area contributed by atoms with Gasteiger partial charge < -0.3 is 0 Å². The molecule has 0 spiro atoms. The van der Waals surface area contributed by atoms with Gasteiger partial charge in [0.05, 0.1) is 0 Å². The fourth-order valence-electron chi connectivity index (χ4n) is 0. The zero-order valence-electron chi connectivity index (χ0n) is 1.32. The number of hydrogen-bond donors (Lipinski definition) is 1. The molecule has 0 bridgehead atoms. The van der Waals surface area contributed by atoms with Gasteiger partial charge in [0.25, 0.3) is 0 Å². The fourth-order valence-corrected chi connectivity index (χ4v) is 0. The van der Waals surface area contributed by atoms with Gasteiger partial charge in [0.15, 0.2) is 0 Å². The van der Waals surface area contributed by atoms with Crippen LogP contribution in [0.25, 0.3) is 0 Å². The van der Waals surface area contributed by atoms with Gasteiger partial charge in [0.1, 0.15) is 0 Å². The van der Waals surface area contributed by atoms with Crippen LogP contribution in [-0.4, -0.2) is 23.1 Å². The summed E-state index contributed by atoms with van der Waals surface area (Å²) in [5.74, 6) is 0. The van der Waals surface area contributed by atoms with Crippen molar-refractivity contribution in [2.75, 3.05) is 0 Å². The van der Waals surface area contributed by atoms with Crippen LogP contribution in [0.4, 0.5) is 0 Å². The molecule has 0 aliphatic rings. The number of nitrogens with one attached hydrogen (secondary N) is 1. The SMILES string of the molecule is O=[NH+][O-].[MgH2]. The van der Waals surface area contributed by atoms with Crippen LogP contribution in [0, 0.1) is 10.1 Å². The summed E-state index contributed by atoms with van der Waals surface area (Å²) in [7, 11) is 0. The highest BCUT2D eigenvalue weighted by atomic mass is 24.3. The maximum absolute atomic E-state index is 8.12. The lowest BCUT2D eigenvalue weighted by Gasteiger charge is -1.36. The highest BCUT2D eigenvalue weighted by Crippen LogP contribution is 0.618. The minimum atomic E-state index is 0. The lowest BCUT2D eigenvalue weighted by Crippen LogP contribution is -2.53. The van der Waals surface area contributed by atoms with E-state index in [0.29, 0.717) is 0 Å². The van der Waals surface area contributed by atoms with Gasteiger partial charge in [-0.2, -0.15) is 0 Å². The molecule has 0 aromatic rings. The van der Waals surface area contributed by atoms with Crippen LogP contribution >= 0.6 is 0 Å². The summed E-state index contributed by atoms with van der Waals surface area (Å²) in [6.07, 6.45) is 0. The second-order valence-corrected chi connectivity index (χ2v) is 0.0833. The van der Waals surface area contributed by atoms with Crippen molar-refractivity contribution >= 4 is 23.1 Å². The van der Waals surface area contributed by atoms with Crippen LogP contribution in [0.5, 0.6) is 0 Å². The van der Waals surface area contributed by atoms with Crippen LogP contribution < -0.4 is 5.34 Å². The first kappa shape index (κ1) is 8.90.